The molecule has 0 N–H and O–H groups in total. The number of hydrogen-bond donors (Lipinski definition) is 0. The van der Waals surface area contributed by atoms with Crippen molar-refractivity contribution in [2.45, 2.75) is 25.0 Å². The SMILES string of the molecule is Cn1c(Cl)nc2ncn(Cc3nc(C4COC(c5ccc(Cl)cc5)C4)no3)c(=O)c21. The lowest BCUT2D eigenvalue weighted by Crippen LogP contribution is -2.22. The maximum Gasteiger partial charge on any atom is 0.280 e. The average Bonchev–Trinajstić information content (AvgIpc) is 3.45. The molecule has 0 aliphatic carbocycles. The summed E-state index contributed by atoms with van der Waals surface area (Å²) in [5.74, 6) is 0.889. The van der Waals surface area contributed by atoms with Crippen LogP contribution in [0, 0.1) is 0 Å². The van der Waals surface area contributed by atoms with E-state index < -0.39 is 0 Å². The number of rotatable bonds is 4. The Bertz CT molecular complexity index is 1280. The van der Waals surface area contributed by atoms with Gasteiger partial charge >= 0.3 is 0 Å². The van der Waals surface area contributed by atoms with Crippen LogP contribution >= 0.6 is 23.2 Å². The lowest BCUT2D eigenvalue weighted by molar-refractivity contribution is 0.110. The molecule has 1 saturated heterocycles. The van der Waals surface area contributed by atoms with Crippen LogP contribution in [0.15, 0.2) is 39.9 Å². The molecule has 0 saturated carbocycles. The van der Waals surface area contributed by atoms with Gasteiger partial charge in [-0.3, -0.25) is 9.36 Å². The molecule has 9 nitrogen and oxygen atoms in total. The Kier molecular flexibility index (Phi) is 4.80. The van der Waals surface area contributed by atoms with Gasteiger partial charge in [0.25, 0.3) is 5.56 Å². The van der Waals surface area contributed by atoms with E-state index in [0.29, 0.717) is 34.5 Å². The molecule has 154 valence electrons. The van der Waals surface area contributed by atoms with E-state index in [1.54, 1.807) is 7.05 Å². The second-order valence-electron chi connectivity index (χ2n) is 7.14. The quantitative estimate of drug-likeness (QED) is 0.443. The third kappa shape index (κ3) is 3.38. The van der Waals surface area contributed by atoms with Crippen molar-refractivity contribution >= 4 is 34.4 Å². The highest BCUT2D eigenvalue weighted by Gasteiger charge is 2.31. The maximum atomic E-state index is 12.7. The van der Waals surface area contributed by atoms with Gasteiger partial charge in [0.1, 0.15) is 12.9 Å². The summed E-state index contributed by atoms with van der Waals surface area (Å²) in [6, 6.07) is 7.60. The normalized spacial score (nSPS) is 19.0. The highest BCUT2D eigenvalue weighted by molar-refractivity contribution is 6.30. The van der Waals surface area contributed by atoms with Crippen LogP contribution in [0.5, 0.6) is 0 Å². The molecule has 0 spiro atoms. The van der Waals surface area contributed by atoms with Crippen molar-refractivity contribution in [1.29, 1.82) is 0 Å². The van der Waals surface area contributed by atoms with Crippen molar-refractivity contribution in [3.8, 4) is 0 Å². The van der Waals surface area contributed by atoms with Crippen LogP contribution in [0.1, 0.15) is 35.7 Å². The second-order valence-corrected chi connectivity index (χ2v) is 7.92. The molecule has 1 aliphatic heterocycles. The first-order valence-corrected chi connectivity index (χ1v) is 10.0. The molecule has 4 heterocycles. The van der Waals surface area contributed by atoms with Gasteiger partial charge in [-0.2, -0.15) is 9.97 Å². The fourth-order valence-electron chi connectivity index (χ4n) is 3.57. The van der Waals surface area contributed by atoms with Crippen molar-refractivity contribution in [2.75, 3.05) is 6.61 Å². The molecule has 2 unspecified atom stereocenters. The van der Waals surface area contributed by atoms with E-state index in [4.69, 9.17) is 32.5 Å². The Hall–Kier alpha value is -2.75. The molecule has 4 aromatic rings. The van der Waals surface area contributed by atoms with Crippen molar-refractivity contribution < 1.29 is 9.26 Å². The predicted octanol–water partition coefficient (Wildman–Crippen LogP) is 3.11. The minimum atomic E-state index is -0.284. The van der Waals surface area contributed by atoms with Crippen LogP contribution in [-0.4, -0.2) is 35.8 Å². The zero-order chi connectivity index (χ0) is 20.8. The first-order chi connectivity index (χ1) is 14.5. The van der Waals surface area contributed by atoms with E-state index in [9.17, 15) is 4.79 Å². The molecular weight excluding hydrogens is 431 g/mol. The minimum Gasteiger partial charge on any atom is -0.373 e. The van der Waals surface area contributed by atoms with E-state index in [1.165, 1.54) is 15.5 Å². The number of nitrogens with zero attached hydrogens (tertiary/aromatic N) is 6. The van der Waals surface area contributed by atoms with Gasteiger partial charge in [0.2, 0.25) is 11.2 Å². The number of benzene rings is 1. The van der Waals surface area contributed by atoms with E-state index in [0.717, 1.165) is 12.0 Å². The van der Waals surface area contributed by atoms with Crippen LogP contribution < -0.4 is 5.56 Å². The van der Waals surface area contributed by atoms with Crippen LogP contribution in [0.3, 0.4) is 0 Å². The largest absolute Gasteiger partial charge is 0.373 e. The van der Waals surface area contributed by atoms with E-state index in [2.05, 4.69) is 20.1 Å². The van der Waals surface area contributed by atoms with Crippen molar-refractivity contribution in [3.05, 3.63) is 68.5 Å². The summed E-state index contributed by atoms with van der Waals surface area (Å²) in [5.41, 5.74) is 1.39. The Morgan fingerprint density at radius 3 is 2.80 bits per heavy atom. The van der Waals surface area contributed by atoms with Gasteiger partial charge in [-0.25, -0.2) is 4.98 Å². The third-order valence-corrected chi connectivity index (χ3v) is 5.79. The zero-order valence-corrected chi connectivity index (χ0v) is 17.3. The molecule has 1 aromatic carbocycles. The molecule has 2 atom stereocenters. The second kappa shape index (κ2) is 7.50. The van der Waals surface area contributed by atoms with E-state index in [-0.39, 0.29) is 29.4 Å². The zero-order valence-electron chi connectivity index (χ0n) is 15.8. The standard InChI is InChI=1S/C19H16Cl2N6O3/c1-26-15-17(24-19(26)21)22-9-27(18(15)28)7-14-23-16(25-30-14)11-6-13(29-8-11)10-2-4-12(20)5-3-10/h2-5,9,11,13H,6-8H2,1H3. The monoisotopic (exact) mass is 446 g/mol. The lowest BCUT2D eigenvalue weighted by atomic mass is 10.0. The molecule has 1 aliphatic rings. The van der Waals surface area contributed by atoms with E-state index in [1.807, 2.05) is 24.3 Å². The Morgan fingerprint density at radius 1 is 1.20 bits per heavy atom. The molecule has 0 amide bonds. The molecule has 5 rings (SSSR count). The van der Waals surface area contributed by atoms with Crippen molar-refractivity contribution in [3.63, 3.8) is 0 Å². The number of ether oxygens (including phenoxy) is 1. The van der Waals surface area contributed by atoms with Gasteiger partial charge < -0.3 is 13.8 Å². The fourth-order valence-corrected chi connectivity index (χ4v) is 3.86. The predicted molar refractivity (Wildman–Crippen MR) is 109 cm³/mol. The van der Waals surface area contributed by atoms with Crippen LogP contribution in [0.25, 0.3) is 11.2 Å². The highest BCUT2D eigenvalue weighted by Crippen LogP contribution is 2.37. The average molecular weight is 447 g/mol. The topological polar surface area (TPSA) is 101 Å². The Morgan fingerprint density at radius 2 is 2.00 bits per heavy atom. The minimum absolute atomic E-state index is 0.0105. The van der Waals surface area contributed by atoms with Gasteiger partial charge in [0, 0.05) is 18.0 Å². The van der Waals surface area contributed by atoms with E-state index >= 15 is 0 Å². The number of fused-ring (bicyclic) bond motifs is 1. The van der Waals surface area contributed by atoms with Crippen molar-refractivity contribution in [2.24, 2.45) is 7.05 Å². The van der Waals surface area contributed by atoms with Gasteiger partial charge in [-0.05, 0) is 35.7 Å². The maximum absolute atomic E-state index is 12.7. The number of aromatic nitrogens is 6. The first-order valence-electron chi connectivity index (χ1n) is 9.26. The molecular formula is C19H16Cl2N6O3. The van der Waals surface area contributed by atoms with Gasteiger partial charge in [-0.1, -0.05) is 28.9 Å². The first kappa shape index (κ1) is 19.2. The Balaban J connectivity index is 1.33. The third-order valence-electron chi connectivity index (χ3n) is 5.20. The summed E-state index contributed by atoms with van der Waals surface area (Å²) < 4.78 is 14.2. The lowest BCUT2D eigenvalue weighted by Gasteiger charge is -2.09. The summed E-state index contributed by atoms with van der Waals surface area (Å²) in [6.07, 6.45) is 2.09. The number of hydrogen-bond acceptors (Lipinski definition) is 7. The fraction of sp³-hybridized carbons (Fsp3) is 0.316. The van der Waals surface area contributed by atoms with Crippen LogP contribution in [0.4, 0.5) is 0 Å². The molecule has 0 radical (unpaired) electrons. The summed E-state index contributed by atoms with van der Waals surface area (Å²) in [7, 11) is 1.66. The molecule has 30 heavy (non-hydrogen) atoms. The van der Waals surface area contributed by atoms with Crippen LogP contribution in [0.2, 0.25) is 10.3 Å². The summed E-state index contributed by atoms with van der Waals surface area (Å²) in [6.45, 7) is 0.596. The van der Waals surface area contributed by atoms with Crippen molar-refractivity contribution in [1.82, 2.24) is 29.2 Å². The van der Waals surface area contributed by atoms with Crippen LogP contribution in [-0.2, 0) is 18.3 Å². The smallest absolute Gasteiger partial charge is 0.280 e. The highest BCUT2D eigenvalue weighted by atomic mass is 35.5. The van der Waals surface area contributed by atoms with Gasteiger partial charge in [0.05, 0.1) is 12.7 Å². The number of halogens is 2. The molecule has 11 heteroatoms. The molecule has 1 fully saturated rings. The number of aryl methyl sites for hydroxylation is 1. The number of imidazole rings is 1. The Labute approximate surface area is 180 Å². The summed E-state index contributed by atoms with van der Waals surface area (Å²) >= 11 is 11.9. The van der Waals surface area contributed by atoms with Gasteiger partial charge in [0.15, 0.2) is 17.0 Å². The summed E-state index contributed by atoms with van der Waals surface area (Å²) in [4.78, 5) is 25.4. The summed E-state index contributed by atoms with van der Waals surface area (Å²) in [5, 5.41) is 4.97. The molecule has 3 aromatic heterocycles. The molecule has 0 bridgehead atoms. The van der Waals surface area contributed by atoms with Gasteiger partial charge in [-0.15, -0.1) is 0 Å².